The fourth-order valence-corrected chi connectivity index (χ4v) is 3.29. The van der Waals surface area contributed by atoms with Gasteiger partial charge in [0.1, 0.15) is 5.75 Å². The van der Waals surface area contributed by atoms with Crippen LogP contribution in [0.1, 0.15) is 12.5 Å². The van der Waals surface area contributed by atoms with E-state index in [0.29, 0.717) is 22.1 Å². The highest BCUT2D eigenvalue weighted by Crippen LogP contribution is 2.26. The summed E-state index contributed by atoms with van der Waals surface area (Å²) in [5, 5.41) is 7.53. The first kappa shape index (κ1) is 21.3. The number of aromatic nitrogens is 1. The molecule has 1 aromatic heterocycles. The lowest BCUT2D eigenvalue weighted by atomic mass is 10.1. The summed E-state index contributed by atoms with van der Waals surface area (Å²) in [7, 11) is 0. The van der Waals surface area contributed by atoms with Gasteiger partial charge in [-0.2, -0.15) is 0 Å². The number of alkyl halides is 3. The Morgan fingerprint density at radius 3 is 2.30 bits per heavy atom. The first-order chi connectivity index (χ1) is 14.2. The molecule has 0 fully saturated rings. The van der Waals surface area contributed by atoms with Crippen LogP contribution in [0.15, 0.2) is 53.9 Å². The molecule has 0 spiro atoms. The number of anilines is 2. The third-order valence-electron chi connectivity index (χ3n) is 3.77. The van der Waals surface area contributed by atoms with E-state index in [1.165, 1.54) is 30.4 Å². The minimum Gasteiger partial charge on any atom is -0.406 e. The molecule has 0 saturated carbocycles. The molecule has 2 amide bonds. The summed E-state index contributed by atoms with van der Waals surface area (Å²) in [6.45, 7) is 1.42. The summed E-state index contributed by atoms with van der Waals surface area (Å²) >= 11 is 1.25. The van der Waals surface area contributed by atoms with Crippen molar-refractivity contribution >= 4 is 34.0 Å². The van der Waals surface area contributed by atoms with E-state index in [9.17, 15) is 22.8 Å². The molecule has 2 N–H and O–H groups in total. The third kappa shape index (κ3) is 6.31. The van der Waals surface area contributed by atoms with Crippen LogP contribution >= 0.6 is 11.3 Å². The average Bonchev–Trinajstić information content (AvgIpc) is 3.10. The summed E-state index contributed by atoms with van der Waals surface area (Å²) in [5.41, 5.74) is 2.69. The number of ether oxygens (including phenoxy) is 1. The number of thiazole rings is 1. The van der Waals surface area contributed by atoms with Crippen LogP contribution in [-0.2, 0) is 16.0 Å². The second-order valence-electron chi connectivity index (χ2n) is 6.21. The highest BCUT2D eigenvalue weighted by molar-refractivity contribution is 7.14. The molecule has 3 aromatic rings. The van der Waals surface area contributed by atoms with Crippen molar-refractivity contribution in [2.24, 2.45) is 0 Å². The number of benzene rings is 2. The van der Waals surface area contributed by atoms with Gasteiger partial charge in [0.25, 0.3) is 0 Å². The molecule has 0 aliphatic carbocycles. The standard InChI is InChI=1S/C20H16F3N3O3S/c1-12(27)24-15-6-4-14(5-7-15)17-11-30-19(25-17)26-18(28)10-13-2-8-16(9-3-13)29-20(21,22)23/h2-9,11H,10H2,1H3,(H,24,27)(H,25,26,28). The van der Waals surface area contributed by atoms with Crippen LogP contribution in [0.25, 0.3) is 11.3 Å². The summed E-state index contributed by atoms with van der Waals surface area (Å²) in [4.78, 5) is 27.6. The number of amides is 2. The Bertz CT molecular complexity index is 1030. The lowest BCUT2D eigenvalue weighted by Crippen LogP contribution is -2.17. The van der Waals surface area contributed by atoms with Crippen LogP contribution in [0.5, 0.6) is 5.75 Å². The van der Waals surface area contributed by atoms with E-state index in [1.807, 2.05) is 0 Å². The van der Waals surface area contributed by atoms with Crippen LogP contribution in [-0.4, -0.2) is 23.2 Å². The van der Waals surface area contributed by atoms with Crippen LogP contribution in [0.3, 0.4) is 0 Å². The van der Waals surface area contributed by atoms with Gasteiger partial charge in [-0.15, -0.1) is 24.5 Å². The van der Waals surface area contributed by atoms with E-state index in [1.54, 1.807) is 29.6 Å². The van der Waals surface area contributed by atoms with Crippen LogP contribution < -0.4 is 15.4 Å². The van der Waals surface area contributed by atoms with Gasteiger partial charge < -0.3 is 15.4 Å². The predicted octanol–water partition coefficient (Wildman–Crippen LogP) is 4.85. The number of nitrogens with zero attached hydrogens (tertiary/aromatic N) is 1. The van der Waals surface area contributed by atoms with Crippen molar-refractivity contribution in [1.82, 2.24) is 4.98 Å². The topological polar surface area (TPSA) is 80.3 Å². The molecule has 0 bridgehead atoms. The number of carbonyl (C=O) groups excluding carboxylic acids is 2. The van der Waals surface area contributed by atoms with Gasteiger partial charge in [0.05, 0.1) is 12.1 Å². The first-order valence-electron chi connectivity index (χ1n) is 8.66. The molecule has 6 nitrogen and oxygen atoms in total. The highest BCUT2D eigenvalue weighted by atomic mass is 32.1. The van der Waals surface area contributed by atoms with Crippen LogP contribution in [0, 0.1) is 0 Å². The van der Waals surface area contributed by atoms with Gasteiger partial charge in [-0.25, -0.2) is 4.98 Å². The Balaban J connectivity index is 1.57. The molecule has 0 saturated heterocycles. The quantitative estimate of drug-likeness (QED) is 0.580. The van der Waals surface area contributed by atoms with E-state index in [4.69, 9.17) is 0 Å². The van der Waals surface area contributed by atoms with Crippen molar-refractivity contribution in [3.63, 3.8) is 0 Å². The normalized spacial score (nSPS) is 11.1. The fourth-order valence-electron chi connectivity index (χ4n) is 2.55. The van der Waals surface area contributed by atoms with E-state index in [2.05, 4.69) is 20.4 Å². The molecule has 0 unspecified atom stereocenters. The van der Waals surface area contributed by atoms with Crippen molar-refractivity contribution in [1.29, 1.82) is 0 Å². The molecule has 3 rings (SSSR count). The fraction of sp³-hybridized carbons (Fsp3) is 0.150. The molecule has 156 valence electrons. The minimum absolute atomic E-state index is 0.0212. The summed E-state index contributed by atoms with van der Waals surface area (Å²) in [6.07, 6.45) is -4.78. The number of rotatable bonds is 6. The van der Waals surface area contributed by atoms with Crippen LogP contribution in [0.4, 0.5) is 24.0 Å². The maximum atomic E-state index is 12.2. The van der Waals surface area contributed by atoms with E-state index >= 15 is 0 Å². The Morgan fingerprint density at radius 2 is 1.70 bits per heavy atom. The number of carbonyl (C=O) groups is 2. The Hall–Kier alpha value is -3.40. The summed E-state index contributed by atoms with van der Waals surface area (Å²) in [5.74, 6) is -0.855. The van der Waals surface area contributed by atoms with Crippen LogP contribution in [0.2, 0.25) is 0 Å². The Morgan fingerprint density at radius 1 is 1.03 bits per heavy atom. The monoisotopic (exact) mass is 435 g/mol. The molecule has 0 aliphatic heterocycles. The van der Waals surface area contributed by atoms with Crippen molar-refractivity contribution < 1.29 is 27.5 Å². The van der Waals surface area contributed by atoms with Gasteiger partial charge in [-0.1, -0.05) is 24.3 Å². The van der Waals surface area contributed by atoms with Crippen molar-refractivity contribution in [2.45, 2.75) is 19.7 Å². The Labute approximate surface area is 173 Å². The molecule has 2 aromatic carbocycles. The van der Waals surface area contributed by atoms with Gasteiger partial charge in [0.15, 0.2) is 5.13 Å². The molecule has 10 heteroatoms. The molecular weight excluding hydrogens is 419 g/mol. The second-order valence-corrected chi connectivity index (χ2v) is 7.07. The maximum absolute atomic E-state index is 12.2. The lowest BCUT2D eigenvalue weighted by molar-refractivity contribution is -0.274. The van der Waals surface area contributed by atoms with Gasteiger partial charge in [0.2, 0.25) is 11.8 Å². The molecule has 30 heavy (non-hydrogen) atoms. The van der Waals surface area contributed by atoms with Crippen molar-refractivity contribution in [3.8, 4) is 17.0 Å². The number of hydrogen-bond donors (Lipinski definition) is 2. The van der Waals surface area contributed by atoms with Gasteiger partial charge in [0, 0.05) is 23.6 Å². The predicted molar refractivity (Wildman–Crippen MR) is 107 cm³/mol. The average molecular weight is 435 g/mol. The number of halogens is 3. The molecule has 0 radical (unpaired) electrons. The summed E-state index contributed by atoms with van der Waals surface area (Å²) in [6, 6.07) is 12.2. The Kier molecular flexibility index (Phi) is 6.36. The van der Waals surface area contributed by atoms with Gasteiger partial charge in [-0.3, -0.25) is 9.59 Å². The third-order valence-corrected chi connectivity index (χ3v) is 4.53. The molecule has 0 atom stereocenters. The highest BCUT2D eigenvalue weighted by Gasteiger charge is 2.30. The van der Waals surface area contributed by atoms with Gasteiger partial charge in [-0.05, 0) is 29.8 Å². The van der Waals surface area contributed by atoms with Gasteiger partial charge >= 0.3 is 6.36 Å². The van der Waals surface area contributed by atoms with Crippen molar-refractivity contribution in [2.75, 3.05) is 10.6 Å². The largest absolute Gasteiger partial charge is 0.573 e. The maximum Gasteiger partial charge on any atom is 0.573 e. The molecule has 0 aliphatic rings. The second kappa shape index (κ2) is 8.95. The van der Waals surface area contributed by atoms with E-state index in [0.717, 1.165) is 17.7 Å². The number of hydrogen-bond acceptors (Lipinski definition) is 5. The van der Waals surface area contributed by atoms with Crippen molar-refractivity contribution in [3.05, 3.63) is 59.5 Å². The zero-order chi connectivity index (χ0) is 21.7. The smallest absolute Gasteiger partial charge is 0.406 e. The number of nitrogens with one attached hydrogen (secondary N) is 2. The SMILES string of the molecule is CC(=O)Nc1ccc(-c2csc(NC(=O)Cc3ccc(OC(F)(F)F)cc3)n2)cc1. The lowest BCUT2D eigenvalue weighted by Gasteiger charge is -2.09. The van der Waals surface area contributed by atoms with E-state index < -0.39 is 6.36 Å². The molecular formula is C20H16F3N3O3S. The zero-order valence-corrected chi connectivity index (χ0v) is 16.4. The zero-order valence-electron chi connectivity index (χ0n) is 15.6. The molecule has 1 heterocycles. The van der Waals surface area contributed by atoms with E-state index in [-0.39, 0.29) is 24.0 Å². The minimum atomic E-state index is -4.76. The summed E-state index contributed by atoms with van der Waals surface area (Å²) < 4.78 is 40.3. The first-order valence-corrected chi connectivity index (χ1v) is 9.54.